The average Bonchev–Trinajstić information content (AvgIpc) is 3.12. The van der Waals surface area contributed by atoms with Crippen molar-refractivity contribution in [2.24, 2.45) is 5.92 Å². The molecule has 0 amide bonds. The summed E-state index contributed by atoms with van der Waals surface area (Å²) in [7, 11) is 0. The summed E-state index contributed by atoms with van der Waals surface area (Å²) in [6.45, 7) is 6.08. The number of rotatable bonds is 5. The summed E-state index contributed by atoms with van der Waals surface area (Å²) in [6.07, 6.45) is 4.75. The molecule has 1 aliphatic carbocycles. The van der Waals surface area contributed by atoms with Gasteiger partial charge in [-0.15, -0.1) is 5.10 Å². The highest BCUT2D eigenvalue weighted by Crippen LogP contribution is 2.27. The predicted octanol–water partition coefficient (Wildman–Crippen LogP) is 3.15. The van der Waals surface area contributed by atoms with Gasteiger partial charge in [0.15, 0.2) is 0 Å². The molecule has 4 nitrogen and oxygen atoms in total. The zero-order valence-corrected chi connectivity index (χ0v) is 13.4. The van der Waals surface area contributed by atoms with Crippen molar-refractivity contribution in [3.8, 4) is 5.69 Å². The van der Waals surface area contributed by atoms with Crippen LogP contribution in [0.5, 0.6) is 0 Å². The third kappa shape index (κ3) is 3.10. The van der Waals surface area contributed by atoms with E-state index in [1.54, 1.807) is 0 Å². The van der Waals surface area contributed by atoms with Crippen molar-refractivity contribution < 1.29 is 0 Å². The van der Waals surface area contributed by atoms with Gasteiger partial charge < -0.3 is 5.32 Å². The maximum atomic E-state index is 4.23. The molecule has 1 saturated carbocycles. The summed E-state index contributed by atoms with van der Waals surface area (Å²) in [5, 5.41) is 11.9. The molecule has 0 bridgehead atoms. The lowest BCUT2D eigenvalue weighted by molar-refractivity contribution is 0.628. The first-order chi connectivity index (χ1) is 9.63. The maximum Gasteiger partial charge on any atom is 0.0969 e. The molecule has 1 fully saturated rings. The Labute approximate surface area is 127 Å². The second-order valence-electron chi connectivity index (χ2n) is 5.62. The zero-order chi connectivity index (χ0) is 14.1. The van der Waals surface area contributed by atoms with E-state index in [-0.39, 0.29) is 0 Å². The van der Waals surface area contributed by atoms with Gasteiger partial charge in [0.1, 0.15) is 0 Å². The van der Waals surface area contributed by atoms with Gasteiger partial charge in [0.25, 0.3) is 0 Å². The Balaban J connectivity index is 1.71. The van der Waals surface area contributed by atoms with Gasteiger partial charge in [0.2, 0.25) is 0 Å². The van der Waals surface area contributed by atoms with Crippen LogP contribution < -0.4 is 5.32 Å². The minimum absolute atomic E-state index is 0.797. The molecule has 0 aliphatic heterocycles. The van der Waals surface area contributed by atoms with Gasteiger partial charge in [-0.3, -0.25) is 0 Å². The molecular weight excluding hydrogens is 316 g/mol. The molecule has 5 heteroatoms. The SMILES string of the molecule is Cc1cc(-n2cc(CNCC3CC3)nn2)cc(C)c1Br. The molecule has 0 atom stereocenters. The van der Waals surface area contributed by atoms with Crippen molar-refractivity contribution in [2.75, 3.05) is 6.54 Å². The lowest BCUT2D eigenvalue weighted by Gasteiger charge is -2.07. The van der Waals surface area contributed by atoms with Crippen LogP contribution in [0.25, 0.3) is 5.69 Å². The standard InChI is InChI=1S/C15H19BrN4/c1-10-5-14(6-11(2)15(10)16)20-9-13(18-19-20)8-17-7-12-3-4-12/h5-6,9,12,17H,3-4,7-8H2,1-2H3. The Morgan fingerprint density at radius 1 is 1.30 bits per heavy atom. The molecule has 0 radical (unpaired) electrons. The molecule has 20 heavy (non-hydrogen) atoms. The summed E-state index contributed by atoms with van der Waals surface area (Å²) in [5.41, 5.74) is 4.47. The fraction of sp³-hybridized carbons (Fsp3) is 0.467. The molecule has 0 unspecified atom stereocenters. The van der Waals surface area contributed by atoms with Gasteiger partial charge in [-0.1, -0.05) is 21.1 Å². The smallest absolute Gasteiger partial charge is 0.0969 e. The van der Waals surface area contributed by atoms with E-state index in [0.717, 1.165) is 34.9 Å². The average molecular weight is 335 g/mol. The largest absolute Gasteiger partial charge is 0.311 e. The van der Waals surface area contributed by atoms with Crippen LogP contribution in [0.2, 0.25) is 0 Å². The fourth-order valence-electron chi connectivity index (χ4n) is 2.29. The first-order valence-electron chi connectivity index (χ1n) is 7.02. The summed E-state index contributed by atoms with van der Waals surface area (Å²) in [5.74, 6) is 0.891. The van der Waals surface area contributed by atoms with Gasteiger partial charge in [-0.2, -0.15) is 0 Å². The van der Waals surface area contributed by atoms with E-state index in [1.165, 1.54) is 24.0 Å². The number of hydrogen-bond donors (Lipinski definition) is 1. The number of nitrogens with zero attached hydrogens (tertiary/aromatic N) is 3. The highest BCUT2D eigenvalue weighted by molar-refractivity contribution is 9.10. The van der Waals surface area contributed by atoms with E-state index in [1.807, 2.05) is 10.9 Å². The van der Waals surface area contributed by atoms with E-state index in [4.69, 9.17) is 0 Å². The maximum absolute atomic E-state index is 4.23. The molecule has 2 aromatic rings. The van der Waals surface area contributed by atoms with Crippen LogP contribution in [0.15, 0.2) is 22.8 Å². The van der Waals surface area contributed by atoms with Gasteiger partial charge in [-0.25, -0.2) is 4.68 Å². The summed E-state index contributed by atoms with van der Waals surface area (Å²) in [6, 6.07) is 4.24. The van der Waals surface area contributed by atoms with Gasteiger partial charge in [0, 0.05) is 11.0 Å². The molecule has 106 valence electrons. The molecular formula is C15H19BrN4. The fourth-order valence-corrected chi connectivity index (χ4v) is 2.52. The van der Waals surface area contributed by atoms with E-state index in [9.17, 15) is 0 Å². The van der Waals surface area contributed by atoms with Crippen molar-refractivity contribution in [3.63, 3.8) is 0 Å². The zero-order valence-electron chi connectivity index (χ0n) is 11.9. The molecule has 1 N–H and O–H groups in total. The van der Waals surface area contributed by atoms with Crippen LogP contribution in [-0.4, -0.2) is 21.5 Å². The van der Waals surface area contributed by atoms with Crippen LogP contribution in [0.1, 0.15) is 29.7 Å². The highest BCUT2D eigenvalue weighted by atomic mass is 79.9. The molecule has 3 rings (SSSR count). The quantitative estimate of drug-likeness (QED) is 0.913. The number of halogens is 1. The second kappa shape index (κ2) is 5.66. The van der Waals surface area contributed by atoms with Crippen molar-refractivity contribution in [1.29, 1.82) is 0 Å². The van der Waals surface area contributed by atoms with Crippen LogP contribution in [0, 0.1) is 19.8 Å². The number of benzene rings is 1. The first-order valence-corrected chi connectivity index (χ1v) is 7.82. The molecule has 1 aromatic carbocycles. The summed E-state index contributed by atoms with van der Waals surface area (Å²) >= 11 is 3.59. The Morgan fingerprint density at radius 3 is 2.65 bits per heavy atom. The number of aryl methyl sites for hydroxylation is 2. The number of aromatic nitrogens is 3. The Morgan fingerprint density at radius 2 is 2.00 bits per heavy atom. The molecule has 1 aromatic heterocycles. The van der Waals surface area contributed by atoms with Gasteiger partial charge in [0.05, 0.1) is 17.6 Å². The molecule has 1 aliphatic rings. The predicted molar refractivity (Wildman–Crippen MR) is 83.0 cm³/mol. The van der Waals surface area contributed by atoms with Crippen LogP contribution >= 0.6 is 15.9 Å². The van der Waals surface area contributed by atoms with Gasteiger partial charge in [-0.05, 0) is 62.4 Å². The third-order valence-corrected chi connectivity index (χ3v) is 4.91. The molecule has 0 saturated heterocycles. The van der Waals surface area contributed by atoms with Gasteiger partial charge >= 0.3 is 0 Å². The normalized spacial score (nSPS) is 14.8. The van der Waals surface area contributed by atoms with Crippen molar-refractivity contribution in [1.82, 2.24) is 20.3 Å². The Bertz CT molecular complexity index is 593. The molecule has 0 spiro atoms. The van der Waals surface area contributed by atoms with Crippen molar-refractivity contribution >= 4 is 15.9 Å². The van der Waals surface area contributed by atoms with E-state index >= 15 is 0 Å². The summed E-state index contributed by atoms with van der Waals surface area (Å²) in [4.78, 5) is 0. The Kier molecular flexibility index (Phi) is 3.89. The highest BCUT2D eigenvalue weighted by Gasteiger charge is 2.20. The summed E-state index contributed by atoms with van der Waals surface area (Å²) < 4.78 is 3.01. The lowest BCUT2D eigenvalue weighted by Crippen LogP contribution is -2.16. The van der Waals surface area contributed by atoms with Crippen molar-refractivity contribution in [3.05, 3.63) is 39.6 Å². The van der Waals surface area contributed by atoms with E-state index in [0.29, 0.717) is 0 Å². The Hall–Kier alpha value is -1.20. The minimum atomic E-state index is 0.797. The van der Waals surface area contributed by atoms with Crippen LogP contribution in [0.3, 0.4) is 0 Å². The molecule has 1 heterocycles. The first kappa shape index (κ1) is 13.8. The van der Waals surface area contributed by atoms with E-state index in [2.05, 4.69) is 57.5 Å². The van der Waals surface area contributed by atoms with Crippen LogP contribution in [0.4, 0.5) is 0 Å². The topological polar surface area (TPSA) is 42.7 Å². The monoisotopic (exact) mass is 334 g/mol. The number of hydrogen-bond acceptors (Lipinski definition) is 3. The number of nitrogens with one attached hydrogen (secondary N) is 1. The minimum Gasteiger partial charge on any atom is -0.311 e. The third-order valence-electron chi connectivity index (χ3n) is 3.66. The van der Waals surface area contributed by atoms with Crippen molar-refractivity contribution in [2.45, 2.75) is 33.2 Å². The van der Waals surface area contributed by atoms with E-state index < -0.39 is 0 Å². The second-order valence-corrected chi connectivity index (χ2v) is 6.42. The lowest BCUT2D eigenvalue weighted by atomic mass is 10.1. The van der Waals surface area contributed by atoms with Crippen LogP contribution in [-0.2, 0) is 6.54 Å².